The number of methoxy groups -OCH3 is 1. The normalized spacial score (nSPS) is 14.7. The second-order valence-electron chi connectivity index (χ2n) is 6.21. The van der Waals surface area contributed by atoms with Crippen molar-refractivity contribution in [2.75, 3.05) is 38.3 Å². The summed E-state index contributed by atoms with van der Waals surface area (Å²) in [7, 11) is 3.37. The molecule has 0 spiro atoms. The molecule has 3 heterocycles. The average Bonchev–Trinajstić information content (AvgIpc) is 3.07. The van der Waals surface area contributed by atoms with E-state index in [1.165, 1.54) is 24.9 Å². The second-order valence-corrected chi connectivity index (χ2v) is 7.16. The number of ether oxygens (including phenoxy) is 2. The van der Waals surface area contributed by atoms with Gasteiger partial charge in [-0.1, -0.05) is 17.8 Å². The highest BCUT2D eigenvalue weighted by molar-refractivity contribution is 7.98. The van der Waals surface area contributed by atoms with E-state index in [0.29, 0.717) is 24.1 Å². The van der Waals surface area contributed by atoms with Gasteiger partial charge in [0.05, 0.1) is 26.7 Å². The summed E-state index contributed by atoms with van der Waals surface area (Å²) in [6, 6.07) is 4.97. The molecule has 0 atom stereocenters. The molecule has 0 unspecified atom stereocenters. The van der Waals surface area contributed by atoms with Crippen LogP contribution in [0.5, 0.6) is 5.75 Å². The van der Waals surface area contributed by atoms with Crippen molar-refractivity contribution >= 4 is 28.7 Å². The van der Waals surface area contributed by atoms with Crippen LogP contribution >= 0.6 is 11.8 Å². The van der Waals surface area contributed by atoms with Crippen molar-refractivity contribution in [1.29, 1.82) is 0 Å². The van der Waals surface area contributed by atoms with Gasteiger partial charge in [0.15, 0.2) is 33.7 Å². The molecule has 1 saturated heterocycles. The topological polar surface area (TPSA) is 65.3 Å². The van der Waals surface area contributed by atoms with Crippen molar-refractivity contribution in [2.24, 2.45) is 7.05 Å². The molecule has 0 bridgehead atoms. The second kappa shape index (κ2) is 7.69. The zero-order valence-electron chi connectivity index (χ0n) is 15.2. The van der Waals surface area contributed by atoms with Gasteiger partial charge >= 0.3 is 0 Å². The van der Waals surface area contributed by atoms with Gasteiger partial charge in [-0.25, -0.2) is 19.3 Å². The standard InChI is InChI=1S/C18H20FN5O2S/c1-23-11-20-15-16(23)21-18(22-17(15)24-5-7-26-8-6-24)27-10-12-3-4-14(25-2)13(19)9-12/h3-4,9,11H,5-8,10H2,1-2H3. The fourth-order valence-corrected chi connectivity index (χ4v) is 3.76. The average molecular weight is 389 g/mol. The van der Waals surface area contributed by atoms with Crippen molar-refractivity contribution in [3.63, 3.8) is 0 Å². The van der Waals surface area contributed by atoms with Crippen LogP contribution in [0.15, 0.2) is 29.7 Å². The Morgan fingerprint density at radius 2 is 2.07 bits per heavy atom. The summed E-state index contributed by atoms with van der Waals surface area (Å²) in [6.45, 7) is 2.89. The van der Waals surface area contributed by atoms with Crippen molar-refractivity contribution in [3.05, 3.63) is 35.9 Å². The Balaban J connectivity index is 1.61. The van der Waals surface area contributed by atoms with Crippen LogP contribution in [0.25, 0.3) is 11.2 Å². The van der Waals surface area contributed by atoms with Gasteiger partial charge in [0.1, 0.15) is 0 Å². The van der Waals surface area contributed by atoms with Crippen molar-refractivity contribution in [3.8, 4) is 5.75 Å². The third-order valence-electron chi connectivity index (χ3n) is 4.42. The van der Waals surface area contributed by atoms with E-state index in [0.717, 1.165) is 35.6 Å². The van der Waals surface area contributed by atoms with E-state index in [4.69, 9.17) is 14.5 Å². The number of morpholine rings is 1. The summed E-state index contributed by atoms with van der Waals surface area (Å²) >= 11 is 1.47. The number of thioether (sulfide) groups is 1. The zero-order chi connectivity index (χ0) is 18.8. The van der Waals surface area contributed by atoms with Gasteiger partial charge < -0.3 is 18.9 Å². The lowest BCUT2D eigenvalue weighted by molar-refractivity contribution is 0.122. The summed E-state index contributed by atoms with van der Waals surface area (Å²) in [5.41, 5.74) is 2.43. The molecule has 2 aromatic heterocycles. The summed E-state index contributed by atoms with van der Waals surface area (Å²) < 4.78 is 26.2. The monoisotopic (exact) mass is 389 g/mol. The van der Waals surface area contributed by atoms with E-state index >= 15 is 0 Å². The van der Waals surface area contributed by atoms with Gasteiger partial charge in [-0.2, -0.15) is 0 Å². The Morgan fingerprint density at radius 3 is 2.81 bits per heavy atom. The van der Waals surface area contributed by atoms with Crippen LogP contribution in [0.2, 0.25) is 0 Å². The highest BCUT2D eigenvalue weighted by Crippen LogP contribution is 2.29. The number of aromatic nitrogens is 4. The third-order valence-corrected chi connectivity index (χ3v) is 5.33. The smallest absolute Gasteiger partial charge is 0.191 e. The Kier molecular flexibility index (Phi) is 5.13. The molecule has 0 aliphatic carbocycles. The summed E-state index contributed by atoms with van der Waals surface area (Å²) in [4.78, 5) is 16.0. The maximum absolute atomic E-state index is 13.9. The molecule has 0 radical (unpaired) electrons. The molecule has 27 heavy (non-hydrogen) atoms. The lowest BCUT2D eigenvalue weighted by Gasteiger charge is -2.28. The van der Waals surface area contributed by atoms with Crippen molar-refractivity contribution in [2.45, 2.75) is 10.9 Å². The van der Waals surface area contributed by atoms with Crippen LogP contribution in [-0.2, 0) is 17.5 Å². The summed E-state index contributed by atoms with van der Waals surface area (Å²) in [5, 5.41) is 0.642. The van der Waals surface area contributed by atoms with Crippen LogP contribution in [0, 0.1) is 5.82 Å². The number of hydrogen-bond donors (Lipinski definition) is 0. The predicted molar refractivity (Wildman–Crippen MR) is 102 cm³/mol. The molecule has 0 amide bonds. The van der Waals surface area contributed by atoms with Crippen LogP contribution < -0.4 is 9.64 Å². The van der Waals surface area contributed by atoms with Gasteiger partial charge in [-0.05, 0) is 17.7 Å². The predicted octanol–water partition coefficient (Wildman–Crippen LogP) is 2.64. The van der Waals surface area contributed by atoms with Gasteiger partial charge in [-0.15, -0.1) is 0 Å². The maximum atomic E-state index is 13.9. The fourth-order valence-electron chi connectivity index (χ4n) is 2.98. The molecule has 4 rings (SSSR count). The summed E-state index contributed by atoms with van der Waals surface area (Å²) in [5.74, 6) is 1.26. The minimum Gasteiger partial charge on any atom is -0.494 e. The molecular formula is C18H20FN5O2S. The Hall–Kier alpha value is -2.39. The number of nitrogens with zero attached hydrogens (tertiary/aromatic N) is 5. The molecule has 7 nitrogen and oxygen atoms in total. The molecule has 0 saturated carbocycles. The van der Waals surface area contributed by atoms with E-state index < -0.39 is 0 Å². The highest BCUT2D eigenvalue weighted by atomic mass is 32.2. The van der Waals surface area contributed by atoms with Gasteiger partial charge in [-0.3, -0.25) is 0 Å². The largest absolute Gasteiger partial charge is 0.494 e. The molecular weight excluding hydrogens is 369 g/mol. The minimum atomic E-state index is -0.368. The molecule has 1 aromatic carbocycles. The van der Waals surface area contributed by atoms with Gasteiger partial charge in [0, 0.05) is 25.9 Å². The minimum absolute atomic E-state index is 0.242. The van der Waals surface area contributed by atoms with E-state index in [9.17, 15) is 4.39 Å². The van der Waals surface area contributed by atoms with Crippen molar-refractivity contribution in [1.82, 2.24) is 19.5 Å². The molecule has 1 aliphatic rings. The van der Waals surface area contributed by atoms with Gasteiger partial charge in [0.2, 0.25) is 0 Å². The highest BCUT2D eigenvalue weighted by Gasteiger charge is 2.20. The van der Waals surface area contributed by atoms with E-state index in [1.54, 1.807) is 12.4 Å². The quantitative estimate of drug-likeness (QED) is 0.491. The molecule has 1 fully saturated rings. The van der Waals surface area contributed by atoms with Crippen molar-refractivity contribution < 1.29 is 13.9 Å². The first-order valence-corrected chi connectivity index (χ1v) is 9.61. The molecule has 1 aliphatic heterocycles. The fraction of sp³-hybridized carbons (Fsp3) is 0.389. The molecule has 3 aromatic rings. The van der Waals surface area contributed by atoms with Crippen LogP contribution in [0.1, 0.15) is 5.56 Å². The van der Waals surface area contributed by atoms with Crippen LogP contribution in [0.3, 0.4) is 0 Å². The molecule has 142 valence electrons. The SMILES string of the molecule is COc1ccc(CSc2nc(N3CCOCC3)c3ncn(C)c3n2)cc1F. The first-order chi connectivity index (χ1) is 13.2. The van der Waals surface area contributed by atoms with Crippen LogP contribution in [-0.4, -0.2) is 52.9 Å². The first kappa shape index (κ1) is 18.0. The number of aryl methyl sites for hydroxylation is 1. The number of anilines is 1. The van der Waals surface area contributed by atoms with Gasteiger partial charge in [0.25, 0.3) is 0 Å². The Labute approximate surface area is 160 Å². The first-order valence-electron chi connectivity index (χ1n) is 8.62. The maximum Gasteiger partial charge on any atom is 0.191 e. The molecule has 9 heteroatoms. The number of halogens is 1. The Morgan fingerprint density at radius 1 is 1.26 bits per heavy atom. The third kappa shape index (κ3) is 3.70. The van der Waals surface area contributed by atoms with Crippen LogP contribution in [0.4, 0.5) is 10.2 Å². The molecule has 0 N–H and O–H groups in total. The number of hydrogen-bond acceptors (Lipinski definition) is 7. The number of benzene rings is 1. The number of imidazole rings is 1. The number of fused-ring (bicyclic) bond motifs is 1. The van der Waals surface area contributed by atoms with E-state index in [2.05, 4.69) is 14.9 Å². The zero-order valence-corrected chi connectivity index (χ0v) is 16.0. The van der Waals surface area contributed by atoms with E-state index in [-0.39, 0.29) is 11.6 Å². The van der Waals surface area contributed by atoms with E-state index in [1.807, 2.05) is 17.7 Å². The lowest BCUT2D eigenvalue weighted by Crippen LogP contribution is -2.37. The summed E-state index contributed by atoms with van der Waals surface area (Å²) in [6.07, 6.45) is 1.75. The number of rotatable bonds is 5. The lowest BCUT2D eigenvalue weighted by atomic mass is 10.2. The Bertz CT molecular complexity index is 958.